The molecule has 4 nitrogen and oxygen atoms in total. The van der Waals surface area contributed by atoms with Crippen LogP contribution in [-0.4, -0.2) is 21.5 Å². The summed E-state index contributed by atoms with van der Waals surface area (Å²) in [7, 11) is 0. The number of imide groups is 1. The lowest BCUT2D eigenvalue weighted by atomic mass is 10.0. The molecule has 142 valence electrons. The van der Waals surface area contributed by atoms with Crippen molar-refractivity contribution in [2.45, 2.75) is 50.2 Å². The number of hydrogen-bond acceptors (Lipinski definition) is 4. The van der Waals surface area contributed by atoms with E-state index in [4.69, 9.17) is 0 Å². The van der Waals surface area contributed by atoms with E-state index in [2.05, 4.69) is 29.6 Å². The van der Waals surface area contributed by atoms with Crippen LogP contribution in [0, 0.1) is 0 Å². The molecule has 27 heavy (non-hydrogen) atoms. The third-order valence-electron chi connectivity index (χ3n) is 4.90. The van der Waals surface area contributed by atoms with Gasteiger partial charge >= 0.3 is 0 Å². The number of aromatic hydroxyl groups is 1. The number of nitrogens with one attached hydrogen (secondary N) is 1. The maximum absolute atomic E-state index is 11.5. The number of hydrogen-bond donors (Lipinski definition) is 2. The third kappa shape index (κ3) is 5.86. The van der Waals surface area contributed by atoms with Crippen LogP contribution in [-0.2, 0) is 24.1 Å². The molecule has 0 aromatic heterocycles. The molecular formula is C22H25NO3S. The average molecular weight is 384 g/mol. The number of rotatable bonds is 9. The highest BCUT2D eigenvalue weighted by atomic mass is 32.2. The zero-order valence-electron chi connectivity index (χ0n) is 15.3. The average Bonchev–Trinajstić information content (AvgIpc) is 2.99. The highest BCUT2D eigenvalue weighted by Crippen LogP contribution is 2.24. The van der Waals surface area contributed by atoms with E-state index in [-0.39, 0.29) is 16.4 Å². The summed E-state index contributed by atoms with van der Waals surface area (Å²) in [6.45, 7) is 0. The lowest BCUT2D eigenvalue weighted by Crippen LogP contribution is -2.24. The molecule has 1 aliphatic rings. The maximum atomic E-state index is 11.5. The molecule has 1 saturated heterocycles. The van der Waals surface area contributed by atoms with E-state index in [1.165, 1.54) is 11.1 Å². The van der Waals surface area contributed by atoms with Crippen LogP contribution < -0.4 is 5.32 Å². The van der Waals surface area contributed by atoms with Gasteiger partial charge in [-0.3, -0.25) is 14.9 Å². The molecule has 1 atom stereocenters. The van der Waals surface area contributed by atoms with Crippen LogP contribution in [0.3, 0.4) is 0 Å². The smallest absolute Gasteiger partial charge is 0.286 e. The van der Waals surface area contributed by atoms with Crippen molar-refractivity contribution in [3.8, 4) is 5.75 Å². The van der Waals surface area contributed by atoms with Gasteiger partial charge in [0.15, 0.2) is 0 Å². The molecule has 1 fully saturated rings. The number of para-hydroxylation sites is 1. The molecule has 1 aliphatic heterocycles. The normalized spacial score (nSPS) is 16.5. The van der Waals surface area contributed by atoms with Gasteiger partial charge in [0, 0.05) is 0 Å². The quantitative estimate of drug-likeness (QED) is 0.620. The van der Waals surface area contributed by atoms with Crippen molar-refractivity contribution in [1.29, 1.82) is 0 Å². The number of aryl methyl sites for hydroxylation is 3. The summed E-state index contributed by atoms with van der Waals surface area (Å²) in [5, 5.41) is 11.8. The van der Waals surface area contributed by atoms with Crippen LogP contribution in [0.5, 0.6) is 5.75 Å². The minimum atomic E-state index is -0.215. The number of benzene rings is 2. The molecular weight excluding hydrogens is 358 g/mol. The standard InChI is InChI=1S/C22H25NO3S/c24-19-8-5-4-7-18(19)15-14-17-12-10-16(11-13-17)6-2-1-3-9-20-21(25)23-22(26)27-20/h4-5,7-8,10-13,20,24H,1-3,6,9,14-15H2,(H,23,25,26). The largest absolute Gasteiger partial charge is 0.508 e. The first-order chi connectivity index (χ1) is 13.1. The van der Waals surface area contributed by atoms with Crippen LogP contribution >= 0.6 is 11.8 Å². The summed E-state index contributed by atoms with van der Waals surface area (Å²) in [5.41, 5.74) is 3.58. The van der Waals surface area contributed by atoms with Gasteiger partial charge in [0.05, 0.1) is 5.25 Å². The van der Waals surface area contributed by atoms with Crippen molar-refractivity contribution in [2.75, 3.05) is 0 Å². The predicted octanol–water partition coefficient (Wildman–Crippen LogP) is 4.63. The zero-order chi connectivity index (χ0) is 19.1. The van der Waals surface area contributed by atoms with E-state index in [9.17, 15) is 14.7 Å². The van der Waals surface area contributed by atoms with Crippen molar-refractivity contribution < 1.29 is 14.7 Å². The van der Waals surface area contributed by atoms with Crippen molar-refractivity contribution in [3.63, 3.8) is 0 Å². The van der Waals surface area contributed by atoms with Gasteiger partial charge in [0.1, 0.15) is 5.75 Å². The summed E-state index contributed by atoms with van der Waals surface area (Å²) in [4.78, 5) is 22.6. The van der Waals surface area contributed by atoms with Gasteiger partial charge in [-0.1, -0.05) is 67.1 Å². The third-order valence-corrected chi connectivity index (χ3v) is 5.95. The number of carbonyl (C=O) groups excluding carboxylic acids is 2. The molecule has 2 aromatic rings. The molecule has 1 unspecified atom stereocenters. The van der Waals surface area contributed by atoms with Gasteiger partial charge in [-0.15, -0.1) is 0 Å². The Morgan fingerprint density at radius 3 is 2.22 bits per heavy atom. The monoisotopic (exact) mass is 383 g/mol. The number of amides is 2. The fraction of sp³-hybridized carbons (Fsp3) is 0.364. The Balaban J connectivity index is 1.35. The van der Waals surface area contributed by atoms with Gasteiger partial charge in [0.2, 0.25) is 5.91 Å². The summed E-state index contributed by atoms with van der Waals surface area (Å²) in [5.74, 6) is 0.233. The molecule has 0 aliphatic carbocycles. The Morgan fingerprint density at radius 1 is 0.852 bits per heavy atom. The molecule has 0 bridgehead atoms. The van der Waals surface area contributed by atoms with E-state index in [1.807, 2.05) is 18.2 Å². The first-order valence-corrected chi connectivity index (χ1v) is 10.4. The Morgan fingerprint density at radius 2 is 1.56 bits per heavy atom. The number of carbonyl (C=O) groups is 2. The van der Waals surface area contributed by atoms with Gasteiger partial charge in [-0.2, -0.15) is 0 Å². The lowest BCUT2D eigenvalue weighted by Gasteiger charge is -2.07. The Hall–Kier alpha value is -2.27. The first kappa shape index (κ1) is 19.5. The Bertz CT molecular complexity index is 788. The molecule has 3 rings (SSSR count). The Labute approximate surface area is 164 Å². The summed E-state index contributed by atoms with van der Waals surface area (Å²) < 4.78 is 0. The molecule has 2 N–H and O–H groups in total. The second-order valence-electron chi connectivity index (χ2n) is 6.93. The number of phenolic OH excluding ortho intramolecular Hbond substituents is 1. The van der Waals surface area contributed by atoms with Crippen molar-refractivity contribution in [2.24, 2.45) is 0 Å². The van der Waals surface area contributed by atoms with Crippen molar-refractivity contribution >= 4 is 22.9 Å². The second kappa shape index (κ2) is 9.60. The zero-order valence-corrected chi connectivity index (χ0v) is 16.1. The number of thioether (sulfide) groups is 1. The van der Waals surface area contributed by atoms with Crippen LogP contribution in [0.25, 0.3) is 0 Å². The van der Waals surface area contributed by atoms with Gasteiger partial charge in [-0.25, -0.2) is 0 Å². The minimum Gasteiger partial charge on any atom is -0.508 e. The van der Waals surface area contributed by atoms with Crippen LogP contribution in [0.2, 0.25) is 0 Å². The van der Waals surface area contributed by atoms with Crippen LogP contribution in [0.15, 0.2) is 48.5 Å². The molecule has 5 heteroatoms. The minimum absolute atomic E-state index is 0.135. The summed E-state index contributed by atoms with van der Waals surface area (Å²) in [6, 6.07) is 16.2. The first-order valence-electron chi connectivity index (χ1n) is 9.48. The SMILES string of the molecule is O=C1NC(=O)C(CCCCCc2ccc(CCc3ccccc3O)cc2)S1. The van der Waals surface area contributed by atoms with E-state index in [0.717, 1.165) is 62.3 Å². The van der Waals surface area contributed by atoms with Gasteiger partial charge in [0.25, 0.3) is 5.24 Å². The molecule has 0 saturated carbocycles. The van der Waals surface area contributed by atoms with Gasteiger partial charge < -0.3 is 5.11 Å². The number of phenols is 1. The van der Waals surface area contributed by atoms with E-state index in [1.54, 1.807) is 6.07 Å². The van der Waals surface area contributed by atoms with Crippen LogP contribution in [0.1, 0.15) is 42.4 Å². The molecule has 0 radical (unpaired) electrons. The van der Waals surface area contributed by atoms with Crippen molar-refractivity contribution in [1.82, 2.24) is 5.32 Å². The highest BCUT2D eigenvalue weighted by Gasteiger charge is 2.30. The summed E-state index contributed by atoms with van der Waals surface area (Å²) >= 11 is 1.12. The Kier molecular flexibility index (Phi) is 6.93. The molecule has 2 amide bonds. The topological polar surface area (TPSA) is 66.4 Å². The van der Waals surface area contributed by atoms with E-state index in [0.29, 0.717) is 5.75 Å². The van der Waals surface area contributed by atoms with E-state index < -0.39 is 0 Å². The highest BCUT2D eigenvalue weighted by molar-refractivity contribution is 8.15. The van der Waals surface area contributed by atoms with Crippen molar-refractivity contribution in [3.05, 3.63) is 65.2 Å². The fourth-order valence-electron chi connectivity index (χ4n) is 3.29. The number of unbranched alkanes of at least 4 members (excludes halogenated alkanes) is 2. The lowest BCUT2D eigenvalue weighted by molar-refractivity contribution is -0.119. The van der Waals surface area contributed by atoms with E-state index >= 15 is 0 Å². The molecule has 2 aromatic carbocycles. The maximum Gasteiger partial charge on any atom is 0.286 e. The summed E-state index contributed by atoms with van der Waals surface area (Å²) in [6.07, 6.45) is 6.67. The fourth-order valence-corrected chi connectivity index (χ4v) is 4.16. The second-order valence-corrected chi connectivity index (χ2v) is 8.10. The molecule has 1 heterocycles. The predicted molar refractivity (Wildman–Crippen MR) is 109 cm³/mol. The van der Waals surface area contributed by atoms with Gasteiger partial charge in [-0.05, 0) is 54.9 Å². The molecule has 0 spiro atoms. The van der Waals surface area contributed by atoms with Crippen LogP contribution in [0.4, 0.5) is 4.79 Å².